The van der Waals surface area contributed by atoms with Gasteiger partial charge >= 0.3 is 17.9 Å². The van der Waals surface area contributed by atoms with Gasteiger partial charge < -0.3 is 23.7 Å². The molecule has 0 saturated heterocycles. The highest BCUT2D eigenvalue weighted by atomic mass is 16.7. The molecule has 43 heavy (non-hydrogen) atoms. The maximum Gasteiger partial charge on any atom is 0.343 e. The largest absolute Gasteiger partial charge is 0.485 e. The monoisotopic (exact) mass is 596 g/mol. The number of benzene rings is 3. The van der Waals surface area contributed by atoms with Crippen molar-refractivity contribution in [3.63, 3.8) is 0 Å². The minimum atomic E-state index is -0.611. The van der Waals surface area contributed by atoms with Crippen LogP contribution in [0.5, 0.6) is 23.0 Å². The fourth-order valence-electron chi connectivity index (χ4n) is 2.71. The van der Waals surface area contributed by atoms with Crippen LogP contribution in [0.4, 0.5) is 0 Å². The van der Waals surface area contributed by atoms with Crippen LogP contribution in [0.1, 0.15) is 64.3 Å². The number of carbonyl (C=O) groups is 4. The molecule has 0 N–H and O–H groups in total. The van der Waals surface area contributed by atoms with Gasteiger partial charge in [0, 0.05) is 6.08 Å². The maximum absolute atomic E-state index is 12.4. The van der Waals surface area contributed by atoms with E-state index in [0.717, 1.165) is 6.08 Å². The molecule has 0 amide bonds. The second-order valence-corrected chi connectivity index (χ2v) is 7.19. The zero-order chi connectivity index (χ0) is 28.6. The molecule has 0 saturated carbocycles. The zero-order valence-electron chi connectivity index (χ0n) is 21.6. The van der Waals surface area contributed by atoms with E-state index in [2.05, 4.69) is 13.2 Å². The van der Waals surface area contributed by atoms with E-state index in [1.807, 2.05) is 13.8 Å². The average Bonchev–Trinajstić information content (AvgIpc) is 2.98. The summed E-state index contributed by atoms with van der Waals surface area (Å²) in [5.41, 5.74) is 0.552. The molecule has 234 valence electrons. The Hall–Kier alpha value is -5.18. The molecule has 0 aromatic heterocycles. The van der Waals surface area contributed by atoms with E-state index in [1.165, 1.54) is 66.7 Å². The minimum Gasteiger partial charge on any atom is -0.485 e. The highest BCUT2D eigenvalue weighted by Crippen LogP contribution is 2.21. The van der Waals surface area contributed by atoms with Crippen LogP contribution in [-0.2, 0) is 14.3 Å². The van der Waals surface area contributed by atoms with Crippen molar-refractivity contribution in [3.05, 3.63) is 109 Å². The molecule has 3 aromatic carbocycles. The smallest absolute Gasteiger partial charge is 0.343 e. The normalized spacial score (nSPS) is 8.70. The second kappa shape index (κ2) is 22.5. The number of ether oxygens (including phenoxy) is 5. The van der Waals surface area contributed by atoms with Crippen molar-refractivity contribution in [3.8, 4) is 23.0 Å². The molecule has 0 heterocycles. The highest BCUT2D eigenvalue weighted by Gasteiger charge is 2.12. The molecular formula is C34H44O9. The van der Waals surface area contributed by atoms with E-state index in [4.69, 9.17) is 23.7 Å². The number of hydrogen-bond acceptors (Lipinski definition) is 9. The molecule has 3 aromatic rings. The molecule has 0 fully saturated rings. The topological polar surface area (TPSA) is 114 Å². The highest BCUT2D eigenvalue weighted by molar-refractivity contribution is 5.92. The van der Waals surface area contributed by atoms with Gasteiger partial charge in [0.1, 0.15) is 23.0 Å². The summed E-state index contributed by atoms with van der Waals surface area (Å²) in [5.74, 6) is -0.756. The van der Waals surface area contributed by atoms with Gasteiger partial charge in [-0.2, -0.15) is 0 Å². The van der Waals surface area contributed by atoms with Crippen molar-refractivity contribution in [1.29, 1.82) is 0 Å². The van der Waals surface area contributed by atoms with Crippen molar-refractivity contribution in [2.45, 2.75) is 43.6 Å². The molecule has 0 radical (unpaired) electrons. The maximum atomic E-state index is 12.4. The van der Waals surface area contributed by atoms with Crippen LogP contribution < -0.4 is 18.9 Å². The lowest BCUT2D eigenvalue weighted by Gasteiger charge is -2.09. The lowest BCUT2D eigenvalue weighted by molar-refractivity contribution is -0.144. The van der Waals surface area contributed by atoms with Crippen LogP contribution >= 0.6 is 0 Å². The number of esters is 3. The summed E-state index contributed by atoms with van der Waals surface area (Å²) < 4.78 is 25.9. The number of carbonyl (C=O) groups excluding carboxylic acids is 4. The van der Waals surface area contributed by atoms with Gasteiger partial charge in [0.2, 0.25) is 6.79 Å². The molecule has 0 atom stereocenters. The van der Waals surface area contributed by atoms with Crippen LogP contribution in [0.2, 0.25) is 0 Å². The Labute approximate surface area is 255 Å². The quantitative estimate of drug-likeness (QED) is 0.0890. The van der Waals surface area contributed by atoms with Crippen LogP contribution in [-0.4, -0.2) is 37.1 Å². The number of ketones is 1. The summed E-state index contributed by atoms with van der Waals surface area (Å²) in [4.78, 5) is 47.0. The Bertz CT molecular complexity index is 1280. The Morgan fingerprint density at radius 1 is 0.581 bits per heavy atom. The van der Waals surface area contributed by atoms with Crippen LogP contribution in [0.3, 0.4) is 0 Å². The SMILES string of the molecule is C.C.C.C.C=CC(=O)COc1ccc(C(=O)Oc2ccc(OC(=O)c3ccc(OCOC(=O)C=C)cc3)cc2)cc1.CC. The van der Waals surface area contributed by atoms with Gasteiger partial charge in [-0.3, -0.25) is 4.79 Å². The van der Waals surface area contributed by atoms with Crippen molar-refractivity contribution in [1.82, 2.24) is 0 Å². The van der Waals surface area contributed by atoms with E-state index in [-0.39, 0.29) is 71.5 Å². The van der Waals surface area contributed by atoms with Crippen molar-refractivity contribution >= 4 is 23.7 Å². The van der Waals surface area contributed by atoms with Crippen LogP contribution in [0.15, 0.2) is 98.1 Å². The summed E-state index contributed by atoms with van der Waals surface area (Å²) in [6.07, 6.45) is 2.19. The van der Waals surface area contributed by atoms with E-state index >= 15 is 0 Å². The molecule has 0 aliphatic carbocycles. The first kappa shape index (κ1) is 42.3. The fourth-order valence-corrected chi connectivity index (χ4v) is 2.71. The number of rotatable bonds is 12. The summed E-state index contributed by atoms with van der Waals surface area (Å²) in [6, 6.07) is 18.1. The Morgan fingerprint density at radius 3 is 1.33 bits per heavy atom. The Kier molecular flexibility index (Phi) is 22.1. The molecular weight excluding hydrogens is 552 g/mol. The van der Waals surface area contributed by atoms with Gasteiger partial charge in [-0.25, -0.2) is 14.4 Å². The summed E-state index contributed by atoms with van der Waals surface area (Å²) in [5, 5.41) is 0. The van der Waals surface area contributed by atoms with Gasteiger partial charge in [0.15, 0.2) is 12.4 Å². The summed E-state index contributed by atoms with van der Waals surface area (Å²) in [6.45, 7) is 10.2. The third kappa shape index (κ3) is 14.3. The molecule has 0 bridgehead atoms. The summed E-state index contributed by atoms with van der Waals surface area (Å²) >= 11 is 0. The second-order valence-electron chi connectivity index (χ2n) is 7.19. The van der Waals surface area contributed by atoms with Gasteiger partial charge in [0.05, 0.1) is 11.1 Å². The standard InChI is InChI=1S/C28H22O9.C2H6.4CH4/c1-3-21(29)17-33-22-9-5-19(6-10-22)27(31)36-24-13-15-25(16-14-24)37-28(32)20-7-11-23(12-8-20)34-18-35-26(30)4-2;1-2;;;;/h3-16H,1-2,17-18H2;1-2H3;4*1H4. The first-order chi connectivity index (χ1) is 18.9. The van der Waals surface area contributed by atoms with E-state index in [0.29, 0.717) is 11.5 Å². The lowest BCUT2D eigenvalue weighted by atomic mass is 10.2. The fraction of sp³-hybridized carbons (Fsp3) is 0.235. The van der Waals surface area contributed by atoms with Crippen LogP contribution in [0.25, 0.3) is 0 Å². The molecule has 9 heteroatoms. The van der Waals surface area contributed by atoms with Crippen molar-refractivity contribution < 1.29 is 42.9 Å². The molecule has 0 spiro atoms. The Morgan fingerprint density at radius 2 is 0.953 bits per heavy atom. The average molecular weight is 597 g/mol. The van der Waals surface area contributed by atoms with Gasteiger partial charge in [-0.15, -0.1) is 0 Å². The van der Waals surface area contributed by atoms with Crippen LogP contribution in [0, 0.1) is 0 Å². The van der Waals surface area contributed by atoms with Crippen molar-refractivity contribution in [2.75, 3.05) is 13.4 Å². The first-order valence-corrected chi connectivity index (χ1v) is 11.8. The summed E-state index contributed by atoms with van der Waals surface area (Å²) in [7, 11) is 0. The van der Waals surface area contributed by atoms with E-state index in [1.54, 1.807) is 12.1 Å². The predicted molar refractivity (Wildman–Crippen MR) is 170 cm³/mol. The van der Waals surface area contributed by atoms with E-state index < -0.39 is 17.9 Å². The lowest BCUT2D eigenvalue weighted by Crippen LogP contribution is -2.10. The molecule has 9 nitrogen and oxygen atoms in total. The Balaban J connectivity index is -0.00000261. The third-order valence-corrected chi connectivity index (χ3v) is 4.63. The zero-order valence-corrected chi connectivity index (χ0v) is 21.6. The predicted octanol–water partition coefficient (Wildman–Crippen LogP) is 7.90. The molecule has 0 unspecified atom stereocenters. The van der Waals surface area contributed by atoms with Gasteiger partial charge in [-0.1, -0.05) is 56.7 Å². The van der Waals surface area contributed by atoms with Crippen molar-refractivity contribution in [2.24, 2.45) is 0 Å². The third-order valence-electron chi connectivity index (χ3n) is 4.63. The van der Waals surface area contributed by atoms with Gasteiger partial charge in [0.25, 0.3) is 0 Å². The molecule has 3 rings (SSSR count). The number of hydrogen-bond donors (Lipinski definition) is 0. The molecule has 0 aliphatic rings. The minimum absolute atomic E-state index is 0. The first-order valence-electron chi connectivity index (χ1n) is 11.8. The molecule has 0 aliphatic heterocycles. The van der Waals surface area contributed by atoms with E-state index in [9.17, 15) is 19.2 Å². The van der Waals surface area contributed by atoms with Gasteiger partial charge in [-0.05, 0) is 78.9 Å².